The molecular weight excluding hydrogens is 246 g/mol. The van der Waals surface area contributed by atoms with Gasteiger partial charge in [-0.05, 0) is 25.0 Å². The minimum absolute atomic E-state index is 0.311. The summed E-state index contributed by atoms with van der Waals surface area (Å²) < 4.78 is 10.6. The molecule has 1 aliphatic rings. The average molecular weight is 258 g/mol. The van der Waals surface area contributed by atoms with Crippen molar-refractivity contribution in [2.75, 3.05) is 6.61 Å². The van der Waals surface area contributed by atoms with Gasteiger partial charge in [-0.3, -0.25) is 10.1 Å². The third-order valence-electron chi connectivity index (χ3n) is 2.58. The topological polar surface area (TPSA) is 61.6 Å². The molecule has 0 amide bonds. The van der Waals surface area contributed by atoms with Crippen LogP contribution in [0.2, 0.25) is 5.02 Å². The quantitative estimate of drug-likeness (QED) is 0.472. The first kappa shape index (κ1) is 12.1. The van der Waals surface area contributed by atoms with Crippen molar-refractivity contribution in [3.05, 3.63) is 39.4 Å². The van der Waals surface area contributed by atoms with Gasteiger partial charge in [0.05, 0.1) is 9.95 Å². The van der Waals surface area contributed by atoms with Gasteiger partial charge in [-0.2, -0.15) is 0 Å². The third kappa shape index (κ3) is 2.87. The van der Waals surface area contributed by atoms with Crippen molar-refractivity contribution in [2.45, 2.75) is 25.2 Å². The number of halogens is 1. The highest BCUT2D eigenvalue weighted by Gasteiger charge is 2.37. The second-order valence-corrected chi connectivity index (χ2v) is 4.18. The molecule has 0 bridgehead atoms. The molecule has 0 radical (unpaired) electrons. The highest BCUT2D eigenvalue weighted by molar-refractivity contribution is 6.32. The Morgan fingerprint density at radius 3 is 2.88 bits per heavy atom. The molecule has 1 aromatic rings. The van der Waals surface area contributed by atoms with E-state index in [2.05, 4.69) is 0 Å². The molecule has 2 rings (SSSR count). The number of benzene rings is 1. The van der Waals surface area contributed by atoms with Crippen LogP contribution in [0.4, 0.5) is 0 Å². The first-order valence-electron chi connectivity index (χ1n) is 5.35. The van der Waals surface area contributed by atoms with Crippen LogP contribution in [0.5, 0.6) is 5.75 Å². The Bertz CT molecular complexity index is 406. The van der Waals surface area contributed by atoms with Gasteiger partial charge in [-0.15, -0.1) is 0 Å². The summed E-state index contributed by atoms with van der Waals surface area (Å²) in [5.41, 5.74) is 0. The van der Waals surface area contributed by atoms with Crippen molar-refractivity contribution >= 4 is 11.6 Å². The zero-order valence-electron chi connectivity index (χ0n) is 9.04. The third-order valence-corrected chi connectivity index (χ3v) is 2.89. The van der Waals surface area contributed by atoms with E-state index in [1.165, 1.54) is 0 Å². The van der Waals surface area contributed by atoms with Crippen LogP contribution in [0.15, 0.2) is 24.3 Å². The van der Waals surface area contributed by atoms with E-state index in [1.54, 1.807) is 24.3 Å². The van der Waals surface area contributed by atoms with Crippen LogP contribution in [0.1, 0.15) is 12.8 Å². The summed E-state index contributed by atoms with van der Waals surface area (Å²) in [6, 6.07) is 6.69. The van der Waals surface area contributed by atoms with Gasteiger partial charge in [0.1, 0.15) is 5.75 Å². The average Bonchev–Trinajstić information content (AvgIpc) is 2.81. The Kier molecular flexibility index (Phi) is 3.81. The molecule has 5 nitrogen and oxygen atoms in total. The number of rotatable bonds is 4. The van der Waals surface area contributed by atoms with Crippen molar-refractivity contribution in [3.63, 3.8) is 0 Å². The first-order valence-corrected chi connectivity index (χ1v) is 5.72. The zero-order chi connectivity index (χ0) is 12.3. The fourth-order valence-electron chi connectivity index (χ4n) is 1.75. The normalized spacial score (nSPS) is 21.1. The molecule has 1 aromatic carbocycles. The molecular formula is C11H12ClNO4. The van der Waals surface area contributed by atoms with Crippen LogP contribution in [0, 0.1) is 10.1 Å². The van der Waals surface area contributed by atoms with Gasteiger partial charge in [-0.25, -0.2) is 0 Å². The second kappa shape index (κ2) is 5.33. The van der Waals surface area contributed by atoms with Gasteiger partial charge >= 0.3 is 6.23 Å². The summed E-state index contributed by atoms with van der Waals surface area (Å²) in [6.07, 6.45) is -0.240. The lowest BCUT2D eigenvalue weighted by molar-refractivity contribution is -0.574. The molecule has 1 heterocycles. The van der Waals surface area contributed by atoms with E-state index in [1.807, 2.05) is 0 Å². The lowest BCUT2D eigenvalue weighted by Crippen LogP contribution is -2.38. The molecule has 0 aliphatic carbocycles. The number of nitrogens with zero attached hydrogens (tertiary/aromatic N) is 1. The van der Waals surface area contributed by atoms with Crippen LogP contribution < -0.4 is 4.74 Å². The zero-order valence-corrected chi connectivity index (χ0v) is 9.80. The van der Waals surface area contributed by atoms with E-state index in [4.69, 9.17) is 21.1 Å². The minimum atomic E-state index is -1.20. The van der Waals surface area contributed by atoms with Gasteiger partial charge in [0, 0.05) is 6.61 Å². The van der Waals surface area contributed by atoms with Crippen molar-refractivity contribution in [1.29, 1.82) is 0 Å². The highest BCUT2D eigenvalue weighted by atomic mass is 35.5. The molecule has 2 atom stereocenters. The van der Waals surface area contributed by atoms with Crippen LogP contribution in [0.25, 0.3) is 0 Å². The summed E-state index contributed by atoms with van der Waals surface area (Å²) in [5, 5.41) is 11.3. The number of hydrogen-bond acceptors (Lipinski definition) is 4. The van der Waals surface area contributed by atoms with Crippen LogP contribution >= 0.6 is 11.6 Å². The smallest absolute Gasteiger partial charge is 0.380 e. The molecule has 0 aromatic heterocycles. The molecule has 0 saturated carbocycles. The van der Waals surface area contributed by atoms with Gasteiger partial charge in [0.2, 0.25) is 0 Å². The summed E-state index contributed by atoms with van der Waals surface area (Å²) >= 11 is 5.89. The standard InChI is InChI=1S/C11H12ClNO4/c12-8-4-1-2-5-9(8)17-11(13(14)15)10-6-3-7-16-10/h1-2,4-5,10-11H,3,6-7H2/t10?,11-/m0/s1. The fraction of sp³-hybridized carbons (Fsp3) is 0.455. The van der Waals surface area contributed by atoms with Gasteiger partial charge < -0.3 is 9.47 Å². The number of para-hydroxylation sites is 1. The maximum atomic E-state index is 11.0. The Morgan fingerprint density at radius 1 is 1.53 bits per heavy atom. The van der Waals surface area contributed by atoms with Crippen molar-refractivity contribution in [1.82, 2.24) is 0 Å². The molecule has 0 spiro atoms. The lowest BCUT2D eigenvalue weighted by atomic mass is 10.2. The molecule has 6 heteroatoms. The van der Waals surface area contributed by atoms with E-state index < -0.39 is 17.3 Å². The van der Waals surface area contributed by atoms with Gasteiger partial charge in [-0.1, -0.05) is 23.7 Å². The van der Waals surface area contributed by atoms with E-state index >= 15 is 0 Å². The summed E-state index contributed by atoms with van der Waals surface area (Å²) in [6.45, 7) is 0.543. The molecule has 92 valence electrons. The van der Waals surface area contributed by atoms with Crippen molar-refractivity contribution in [3.8, 4) is 5.75 Å². The first-order chi connectivity index (χ1) is 8.18. The van der Waals surface area contributed by atoms with Crippen LogP contribution in [-0.4, -0.2) is 23.9 Å². The Hall–Kier alpha value is -1.33. The predicted octanol–water partition coefficient (Wildman–Crippen LogP) is 2.50. The number of nitro groups is 1. The maximum Gasteiger partial charge on any atom is 0.380 e. The SMILES string of the molecule is O=[N+]([O-])[C@@H](Oc1ccccc1Cl)C1CCCO1. The highest BCUT2D eigenvalue weighted by Crippen LogP contribution is 2.27. The van der Waals surface area contributed by atoms with E-state index in [0.717, 1.165) is 6.42 Å². The van der Waals surface area contributed by atoms with E-state index in [-0.39, 0.29) is 0 Å². The fourth-order valence-corrected chi connectivity index (χ4v) is 1.93. The molecule has 1 unspecified atom stereocenters. The second-order valence-electron chi connectivity index (χ2n) is 3.78. The molecule has 1 fully saturated rings. The van der Waals surface area contributed by atoms with Gasteiger partial charge in [0.15, 0.2) is 6.10 Å². The van der Waals surface area contributed by atoms with Crippen molar-refractivity contribution < 1.29 is 14.4 Å². The molecule has 1 aliphatic heterocycles. The molecule has 17 heavy (non-hydrogen) atoms. The Labute approximate surface area is 103 Å². The monoisotopic (exact) mass is 257 g/mol. The lowest BCUT2D eigenvalue weighted by Gasteiger charge is -2.17. The van der Waals surface area contributed by atoms with E-state index in [9.17, 15) is 10.1 Å². The molecule has 0 N–H and O–H groups in total. The minimum Gasteiger partial charge on any atom is -0.426 e. The maximum absolute atomic E-state index is 11.0. The van der Waals surface area contributed by atoms with Gasteiger partial charge in [0.25, 0.3) is 0 Å². The summed E-state index contributed by atoms with van der Waals surface area (Å²) in [7, 11) is 0. The van der Waals surface area contributed by atoms with Crippen LogP contribution in [0.3, 0.4) is 0 Å². The number of hydrogen-bond donors (Lipinski definition) is 0. The van der Waals surface area contributed by atoms with E-state index in [0.29, 0.717) is 23.8 Å². The van der Waals surface area contributed by atoms with Crippen LogP contribution in [-0.2, 0) is 4.74 Å². The largest absolute Gasteiger partial charge is 0.426 e. The van der Waals surface area contributed by atoms with Crippen molar-refractivity contribution in [2.24, 2.45) is 0 Å². The number of ether oxygens (including phenoxy) is 2. The molecule has 1 saturated heterocycles. The Morgan fingerprint density at radius 2 is 2.29 bits per heavy atom. The summed E-state index contributed by atoms with van der Waals surface area (Å²) in [5.74, 6) is 0.311. The predicted molar refractivity (Wildman–Crippen MR) is 61.8 cm³/mol. The Balaban J connectivity index is 2.12. The summed E-state index contributed by atoms with van der Waals surface area (Å²) in [4.78, 5) is 10.5.